The summed E-state index contributed by atoms with van der Waals surface area (Å²) >= 11 is 5.87. The number of hydrogen-bond donors (Lipinski definition) is 0. The molecule has 2 rings (SSSR count). The number of nitrogens with zero attached hydrogens (tertiary/aromatic N) is 5. The van der Waals surface area contributed by atoms with Gasteiger partial charge >= 0.3 is 5.69 Å². The van der Waals surface area contributed by atoms with Gasteiger partial charge in [-0.25, -0.2) is 4.98 Å². The number of rotatable bonds is 2. The monoisotopic (exact) mass is 299 g/mol. The van der Waals surface area contributed by atoms with E-state index in [4.69, 9.17) is 11.6 Å². The molecule has 1 aliphatic heterocycles. The molecule has 0 spiro atoms. The number of anilines is 1. The van der Waals surface area contributed by atoms with E-state index in [1.54, 1.807) is 6.92 Å². The lowest BCUT2D eigenvalue weighted by Gasteiger charge is -2.42. The Morgan fingerprint density at radius 3 is 2.35 bits per heavy atom. The van der Waals surface area contributed by atoms with Gasteiger partial charge in [-0.2, -0.15) is 4.98 Å². The molecule has 20 heavy (non-hydrogen) atoms. The van der Waals surface area contributed by atoms with Crippen LogP contribution in [-0.4, -0.2) is 52.0 Å². The number of aromatic nitrogens is 2. The van der Waals surface area contributed by atoms with Crippen molar-refractivity contribution in [2.45, 2.75) is 32.9 Å². The Kier molecular flexibility index (Phi) is 4.10. The topological polar surface area (TPSA) is 75.4 Å². The Balaban J connectivity index is 2.44. The van der Waals surface area contributed by atoms with E-state index in [0.717, 1.165) is 0 Å². The number of aryl methyl sites for hydroxylation is 1. The molecular weight excluding hydrogens is 282 g/mol. The van der Waals surface area contributed by atoms with E-state index in [2.05, 4.69) is 35.8 Å². The van der Waals surface area contributed by atoms with Crippen LogP contribution in [0.1, 0.15) is 19.5 Å². The minimum absolute atomic E-state index is 0.0438. The van der Waals surface area contributed by atoms with Crippen LogP contribution in [0.5, 0.6) is 0 Å². The second-order valence-electron chi connectivity index (χ2n) is 5.28. The van der Waals surface area contributed by atoms with Crippen LogP contribution in [0, 0.1) is 17.0 Å². The molecule has 7 nitrogen and oxygen atoms in total. The fourth-order valence-corrected chi connectivity index (χ4v) is 2.74. The van der Waals surface area contributed by atoms with Gasteiger partial charge in [-0.3, -0.25) is 15.0 Å². The molecule has 1 fully saturated rings. The molecule has 2 unspecified atom stereocenters. The third-order valence-electron chi connectivity index (χ3n) is 3.85. The van der Waals surface area contributed by atoms with Crippen molar-refractivity contribution in [1.82, 2.24) is 14.9 Å². The number of hydrogen-bond acceptors (Lipinski definition) is 6. The summed E-state index contributed by atoms with van der Waals surface area (Å²) in [5.74, 6) is 0.319. The third-order valence-corrected chi connectivity index (χ3v) is 4.02. The minimum Gasteiger partial charge on any atom is -0.348 e. The smallest absolute Gasteiger partial charge is 0.332 e. The molecule has 8 heteroatoms. The first-order chi connectivity index (χ1) is 9.31. The van der Waals surface area contributed by atoms with E-state index in [-0.39, 0.29) is 23.1 Å². The zero-order chi connectivity index (χ0) is 15.0. The maximum Gasteiger partial charge on any atom is 0.332 e. The third kappa shape index (κ3) is 2.69. The van der Waals surface area contributed by atoms with E-state index in [9.17, 15) is 10.1 Å². The van der Waals surface area contributed by atoms with E-state index in [1.165, 1.54) is 0 Å². The molecule has 110 valence electrons. The zero-order valence-electron chi connectivity index (χ0n) is 12.0. The van der Waals surface area contributed by atoms with Crippen molar-refractivity contribution in [2.24, 2.45) is 0 Å². The van der Waals surface area contributed by atoms with Crippen molar-refractivity contribution in [1.29, 1.82) is 0 Å². The summed E-state index contributed by atoms with van der Waals surface area (Å²) in [4.78, 5) is 23.0. The van der Waals surface area contributed by atoms with Crippen LogP contribution in [0.4, 0.5) is 11.5 Å². The Morgan fingerprint density at radius 2 is 1.85 bits per heavy atom. The molecule has 0 N–H and O–H groups in total. The molecule has 2 heterocycles. The van der Waals surface area contributed by atoms with E-state index < -0.39 is 4.92 Å². The van der Waals surface area contributed by atoms with E-state index in [1.807, 2.05) is 4.90 Å². The van der Waals surface area contributed by atoms with Gasteiger partial charge in [-0.05, 0) is 39.4 Å². The molecule has 0 aliphatic carbocycles. The normalized spacial score (nSPS) is 23.9. The highest BCUT2D eigenvalue weighted by molar-refractivity contribution is 6.28. The van der Waals surface area contributed by atoms with Gasteiger partial charge < -0.3 is 4.90 Å². The van der Waals surface area contributed by atoms with Gasteiger partial charge in [-0.15, -0.1) is 0 Å². The molecule has 1 saturated heterocycles. The van der Waals surface area contributed by atoms with E-state index >= 15 is 0 Å². The van der Waals surface area contributed by atoms with Gasteiger partial charge in [0.1, 0.15) is 5.69 Å². The van der Waals surface area contributed by atoms with E-state index in [0.29, 0.717) is 24.6 Å². The lowest BCUT2D eigenvalue weighted by Crippen LogP contribution is -2.55. The number of nitro groups is 1. The summed E-state index contributed by atoms with van der Waals surface area (Å²) in [6.07, 6.45) is 0. The summed E-state index contributed by atoms with van der Waals surface area (Å²) in [5, 5.41) is 11.3. The van der Waals surface area contributed by atoms with Crippen LogP contribution < -0.4 is 4.90 Å². The number of piperazine rings is 1. The van der Waals surface area contributed by atoms with Crippen molar-refractivity contribution in [2.75, 3.05) is 25.0 Å². The summed E-state index contributed by atoms with van der Waals surface area (Å²) in [6.45, 7) is 7.11. The van der Waals surface area contributed by atoms with Crippen molar-refractivity contribution < 1.29 is 4.92 Å². The Hall–Kier alpha value is -1.47. The largest absolute Gasteiger partial charge is 0.348 e. The van der Waals surface area contributed by atoms with Crippen molar-refractivity contribution in [3.63, 3.8) is 0 Å². The zero-order valence-corrected chi connectivity index (χ0v) is 12.8. The fraction of sp³-hybridized carbons (Fsp3) is 0.667. The van der Waals surface area contributed by atoms with Gasteiger partial charge in [0.25, 0.3) is 0 Å². The van der Waals surface area contributed by atoms with Gasteiger partial charge in [-0.1, -0.05) is 0 Å². The highest BCUT2D eigenvalue weighted by Gasteiger charge is 2.33. The summed E-state index contributed by atoms with van der Waals surface area (Å²) in [5.41, 5.74) is 0.239. The summed E-state index contributed by atoms with van der Waals surface area (Å²) in [6, 6.07) is 0.569. The SMILES string of the molecule is Cc1nc(Cl)nc(N2CC(C)N(C)C(C)C2)c1[N+](=O)[O-]. The Labute approximate surface area is 122 Å². The minimum atomic E-state index is -0.436. The van der Waals surface area contributed by atoms with Crippen molar-refractivity contribution >= 4 is 23.1 Å². The maximum absolute atomic E-state index is 11.3. The summed E-state index contributed by atoms with van der Waals surface area (Å²) in [7, 11) is 2.05. The standard InChI is InChI=1S/C12H18ClN5O2/c1-7-5-17(6-8(2)16(7)4)11-10(18(19)20)9(3)14-12(13)15-11/h7-8H,5-6H2,1-4H3. The first-order valence-electron chi connectivity index (χ1n) is 6.46. The fourth-order valence-electron chi connectivity index (χ4n) is 2.53. The maximum atomic E-state index is 11.3. The highest BCUT2D eigenvalue weighted by atomic mass is 35.5. The van der Waals surface area contributed by atoms with Gasteiger partial charge in [0.05, 0.1) is 4.92 Å². The first kappa shape index (κ1) is 14.9. The Bertz CT molecular complexity index is 527. The predicted molar refractivity (Wildman–Crippen MR) is 77.3 cm³/mol. The molecule has 0 amide bonds. The molecule has 1 aromatic heterocycles. The predicted octanol–water partition coefficient (Wildman–Crippen LogP) is 1.88. The van der Waals surface area contributed by atoms with Crippen LogP contribution in [0.25, 0.3) is 0 Å². The lowest BCUT2D eigenvalue weighted by atomic mass is 10.1. The van der Waals surface area contributed by atoms with Gasteiger partial charge in [0, 0.05) is 25.2 Å². The lowest BCUT2D eigenvalue weighted by molar-refractivity contribution is -0.385. The van der Waals surface area contributed by atoms with Gasteiger partial charge in [0.2, 0.25) is 11.1 Å². The molecular formula is C12H18ClN5O2. The van der Waals surface area contributed by atoms with Crippen LogP contribution in [-0.2, 0) is 0 Å². The summed E-state index contributed by atoms with van der Waals surface area (Å²) < 4.78 is 0. The molecule has 1 aromatic rings. The van der Waals surface area contributed by atoms with Crippen molar-refractivity contribution in [3.8, 4) is 0 Å². The van der Waals surface area contributed by atoms with Crippen LogP contribution in [0.3, 0.4) is 0 Å². The average molecular weight is 300 g/mol. The molecule has 1 aliphatic rings. The molecule has 2 atom stereocenters. The molecule has 0 aromatic carbocycles. The Morgan fingerprint density at radius 1 is 1.30 bits per heavy atom. The van der Waals surface area contributed by atoms with Gasteiger partial charge in [0.15, 0.2) is 0 Å². The number of likely N-dealkylation sites (N-methyl/N-ethyl adjacent to an activating group) is 1. The molecule has 0 saturated carbocycles. The second kappa shape index (κ2) is 5.49. The second-order valence-corrected chi connectivity index (χ2v) is 5.61. The first-order valence-corrected chi connectivity index (χ1v) is 6.84. The average Bonchev–Trinajstić information content (AvgIpc) is 2.33. The molecule has 0 radical (unpaired) electrons. The number of halogens is 1. The highest BCUT2D eigenvalue weighted by Crippen LogP contribution is 2.31. The van der Waals surface area contributed by atoms with Crippen molar-refractivity contribution in [3.05, 3.63) is 21.1 Å². The van der Waals surface area contributed by atoms with Crippen LogP contribution in [0.15, 0.2) is 0 Å². The van der Waals surface area contributed by atoms with Crippen LogP contribution >= 0.6 is 11.6 Å². The van der Waals surface area contributed by atoms with Crippen LogP contribution in [0.2, 0.25) is 5.28 Å². The molecule has 0 bridgehead atoms. The quantitative estimate of drug-likeness (QED) is 0.471.